The summed E-state index contributed by atoms with van der Waals surface area (Å²) in [5, 5.41) is 5.05. The van der Waals surface area contributed by atoms with Crippen LogP contribution in [0.25, 0.3) is 11.0 Å². The number of sulfonamides is 1. The highest BCUT2D eigenvalue weighted by molar-refractivity contribution is 7.89. The number of aryl methyl sites for hydroxylation is 1. The van der Waals surface area contributed by atoms with Gasteiger partial charge in [0.2, 0.25) is 15.8 Å². The van der Waals surface area contributed by atoms with Crippen LogP contribution < -0.4 is 5.14 Å². The summed E-state index contributed by atoms with van der Waals surface area (Å²) in [6.45, 7) is 1.67. The van der Waals surface area contributed by atoms with Crippen molar-refractivity contribution >= 4 is 21.1 Å². The van der Waals surface area contributed by atoms with Gasteiger partial charge >= 0.3 is 6.18 Å². The van der Waals surface area contributed by atoms with Crippen LogP contribution in [0.15, 0.2) is 17.0 Å². The summed E-state index contributed by atoms with van der Waals surface area (Å²) in [4.78, 5) is 5.00. The van der Waals surface area contributed by atoms with Crippen molar-refractivity contribution in [1.29, 1.82) is 0 Å². The smallest absolute Gasteiger partial charge is 0.334 e. The molecule has 0 aliphatic heterocycles. The Balaban J connectivity index is 2.86. The first-order valence-electron chi connectivity index (χ1n) is 5.26. The zero-order valence-corrected chi connectivity index (χ0v) is 10.6. The second-order valence-corrected chi connectivity index (χ2v) is 5.43. The minimum atomic E-state index is -4.68. The third-order valence-electron chi connectivity index (χ3n) is 2.62. The van der Waals surface area contributed by atoms with Crippen LogP contribution >= 0.6 is 0 Å². The van der Waals surface area contributed by atoms with Crippen molar-refractivity contribution < 1.29 is 21.6 Å². The van der Waals surface area contributed by atoms with E-state index in [1.54, 1.807) is 6.92 Å². The molecule has 2 rings (SSSR count). The number of nitrogens with two attached hydrogens (primary N) is 1. The van der Waals surface area contributed by atoms with E-state index in [0.717, 1.165) is 0 Å². The molecule has 0 spiro atoms. The Kier molecular flexibility index (Phi) is 3.06. The van der Waals surface area contributed by atoms with E-state index in [0.29, 0.717) is 12.0 Å². The molecule has 0 fully saturated rings. The highest BCUT2D eigenvalue weighted by Gasteiger charge is 2.35. The number of nitrogens with zero attached hydrogens (tertiary/aromatic N) is 1. The fourth-order valence-corrected chi connectivity index (χ4v) is 2.83. The van der Waals surface area contributed by atoms with Crippen LogP contribution in [0, 0.1) is 0 Å². The van der Waals surface area contributed by atoms with E-state index in [1.165, 1.54) is 12.1 Å². The first-order chi connectivity index (χ1) is 8.64. The van der Waals surface area contributed by atoms with E-state index < -0.39 is 22.0 Å². The number of benzene rings is 1. The molecule has 9 heteroatoms. The minimum absolute atomic E-state index is 0.0199. The average Bonchev–Trinajstić information content (AvgIpc) is 2.68. The second kappa shape index (κ2) is 4.20. The molecule has 0 saturated heterocycles. The summed E-state index contributed by atoms with van der Waals surface area (Å²) in [5.41, 5.74) is 0.0259. The Morgan fingerprint density at radius 3 is 2.47 bits per heavy atom. The Labute approximate surface area is 106 Å². The van der Waals surface area contributed by atoms with Crippen LogP contribution in [-0.2, 0) is 22.6 Å². The first kappa shape index (κ1) is 13.8. The predicted molar refractivity (Wildman–Crippen MR) is 61.8 cm³/mol. The van der Waals surface area contributed by atoms with Gasteiger partial charge in [-0.3, -0.25) is 0 Å². The maximum atomic E-state index is 12.6. The Hall–Kier alpha value is -1.61. The van der Waals surface area contributed by atoms with E-state index >= 15 is 0 Å². The topological polar surface area (TPSA) is 88.8 Å². The van der Waals surface area contributed by atoms with Gasteiger partial charge in [-0.1, -0.05) is 13.0 Å². The Morgan fingerprint density at radius 2 is 2.00 bits per heavy atom. The van der Waals surface area contributed by atoms with Crippen molar-refractivity contribution in [2.24, 2.45) is 5.14 Å². The number of hydrogen-bond donors (Lipinski definition) is 2. The van der Waals surface area contributed by atoms with Gasteiger partial charge in [-0.05, 0) is 18.1 Å². The molecule has 5 nitrogen and oxygen atoms in total. The van der Waals surface area contributed by atoms with Gasteiger partial charge in [0.15, 0.2) is 0 Å². The summed E-state index contributed by atoms with van der Waals surface area (Å²) in [6, 6.07) is 2.77. The van der Waals surface area contributed by atoms with Crippen LogP contribution in [0.5, 0.6) is 0 Å². The van der Waals surface area contributed by atoms with Gasteiger partial charge in [-0.15, -0.1) is 0 Å². The number of alkyl halides is 3. The third kappa shape index (κ3) is 2.43. The molecular weight excluding hydrogens is 283 g/mol. The summed E-state index contributed by atoms with van der Waals surface area (Å²) in [5.74, 6) is -1.25. The van der Waals surface area contributed by atoms with Crippen molar-refractivity contribution in [2.45, 2.75) is 24.4 Å². The Bertz CT molecular complexity index is 734. The summed E-state index contributed by atoms with van der Waals surface area (Å²) in [7, 11) is -4.15. The molecule has 19 heavy (non-hydrogen) atoms. The van der Waals surface area contributed by atoms with Gasteiger partial charge in [-0.25, -0.2) is 18.5 Å². The van der Waals surface area contributed by atoms with Gasteiger partial charge in [0.1, 0.15) is 10.4 Å². The molecule has 0 aliphatic carbocycles. The molecule has 1 aromatic heterocycles. The fraction of sp³-hybridized carbons (Fsp3) is 0.300. The highest BCUT2D eigenvalue weighted by atomic mass is 32.2. The standard InChI is InChI=1S/C10H10F3N3O2S/c1-2-5-3-4-6-7(8(5)19(14,17)18)16-9(15-6)10(11,12)13/h3-4H,2H2,1H3,(H,15,16)(H2,14,17,18). The zero-order chi connectivity index (χ0) is 14.4. The SMILES string of the molecule is CCc1ccc2[nH]c(C(F)(F)F)nc2c1S(N)(=O)=O. The molecule has 0 aliphatic rings. The number of halogens is 3. The largest absolute Gasteiger partial charge is 0.449 e. The quantitative estimate of drug-likeness (QED) is 0.884. The zero-order valence-electron chi connectivity index (χ0n) is 9.75. The molecular formula is C10H10F3N3O2S. The van der Waals surface area contributed by atoms with Crippen LogP contribution in [0.4, 0.5) is 13.2 Å². The van der Waals surface area contributed by atoms with E-state index in [9.17, 15) is 21.6 Å². The van der Waals surface area contributed by atoms with Crippen LogP contribution in [0.1, 0.15) is 18.3 Å². The summed E-state index contributed by atoms with van der Waals surface area (Å²) < 4.78 is 60.7. The normalized spacial score (nSPS) is 13.1. The van der Waals surface area contributed by atoms with E-state index in [1.807, 2.05) is 4.98 Å². The number of imidazole rings is 1. The van der Waals surface area contributed by atoms with Crippen LogP contribution in [0.2, 0.25) is 0 Å². The lowest BCUT2D eigenvalue weighted by Crippen LogP contribution is -2.15. The van der Waals surface area contributed by atoms with Gasteiger partial charge in [-0.2, -0.15) is 13.2 Å². The van der Waals surface area contributed by atoms with Crippen molar-refractivity contribution in [3.63, 3.8) is 0 Å². The van der Waals surface area contributed by atoms with E-state index in [-0.39, 0.29) is 15.9 Å². The fourth-order valence-electron chi connectivity index (χ4n) is 1.82. The van der Waals surface area contributed by atoms with Gasteiger partial charge in [0, 0.05) is 0 Å². The van der Waals surface area contributed by atoms with Gasteiger partial charge in [0.25, 0.3) is 0 Å². The number of nitrogens with one attached hydrogen (secondary N) is 1. The summed E-state index contributed by atoms with van der Waals surface area (Å²) in [6.07, 6.45) is -4.36. The molecule has 1 aromatic carbocycles. The van der Waals surface area contributed by atoms with Crippen molar-refractivity contribution in [3.8, 4) is 0 Å². The minimum Gasteiger partial charge on any atom is -0.334 e. The number of primary sulfonamides is 1. The number of rotatable bonds is 2. The van der Waals surface area contributed by atoms with E-state index in [4.69, 9.17) is 5.14 Å². The molecule has 0 radical (unpaired) electrons. The van der Waals surface area contributed by atoms with E-state index in [2.05, 4.69) is 4.98 Å². The molecule has 0 amide bonds. The maximum Gasteiger partial charge on any atom is 0.449 e. The maximum absolute atomic E-state index is 12.6. The molecule has 0 bridgehead atoms. The molecule has 3 N–H and O–H groups in total. The van der Waals surface area contributed by atoms with Crippen molar-refractivity contribution in [3.05, 3.63) is 23.5 Å². The van der Waals surface area contributed by atoms with Gasteiger partial charge < -0.3 is 4.98 Å². The lowest BCUT2D eigenvalue weighted by Gasteiger charge is -2.05. The van der Waals surface area contributed by atoms with Crippen molar-refractivity contribution in [1.82, 2.24) is 9.97 Å². The molecule has 1 heterocycles. The van der Waals surface area contributed by atoms with Gasteiger partial charge in [0.05, 0.1) is 5.52 Å². The number of fused-ring (bicyclic) bond motifs is 1. The number of H-pyrrole nitrogens is 1. The lowest BCUT2D eigenvalue weighted by atomic mass is 10.1. The highest BCUT2D eigenvalue weighted by Crippen LogP contribution is 2.31. The predicted octanol–water partition coefficient (Wildman–Crippen LogP) is 1.79. The number of aromatic amines is 1. The summed E-state index contributed by atoms with van der Waals surface area (Å²) >= 11 is 0. The molecule has 0 atom stereocenters. The lowest BCUT2D eigenvalue weighted by molar-refractivity contribution is -0.144. The Morgan fingerprint density at radius 1 is 1.37 bits per heavy atom. The molecule has 104 valence electrons. The van der Waals surface area contributed by atoms with Crippen LogP contribution in [0.3, 0.4) is 0 Å². The molecule has 0 saturated carbocycles. The third-order valence-corrected chi connectivity index (χ3v) is 3.65. The number of hydrogen-bond acceptors (Lipinski definition) is 3. The second-order valence-electron chi connectivity index (χ2n) is 3.93. The van der Waals surface area contributed by atoms with Crippen molar-refractivity contribution in [2.75, 3.05) is 0 Å². The monoisotopic (exact) mass is 293 g/mol. The van der Waals surface area contributed by atoms with Crippen LogP contribution in [-0.4, -0.2) is 18.4 Å². The number of aromatic nitrogens is 2. The molecule has 0 unspecified atom stereocenters. The average molecular weight is 293 g/mol. The molecule has 2 aromatic rings. The first-order valence-corrected chi connectivity index (χ1v) is 6.80.